The molecule has 1 aliphatic rings. The molecule has 9 heteroatoms. The van der Waals surface area contributed by atoms with E-state index in [1.807, 2.05) is 13.0 Å². The van der Waals surface area contributed by atoms with E-state index in [-0.39, 0.29) is 16.5 Å². The topological polar surface area (TPSA) is 94.2 Å². The van der Waals surface area contributed by atoms with E-state index >= 15 is 0 Å². The van der Waals surface area contributed by atoms with Gasteiger partial charge in [-0.2, -0.15) is 4.31 Å². The van der Waals surface area contributed by atoms with Crippen LogP contribution >= 0.6 is 0 Å². The third kappa shape index (κ3) is 5.42. The Balaban J connectivity index is 1.85. The van der Waals surface area contributed by atoms with Crippen LogP contribution in [-0.4, -0.2) is 53.0 Å². The summed E-state index contributed by atoms with van der Waals surface area (Å²) in [6.07, 6.45) is 1.65. The number of carbonyl (C=O) groups is 1. The second kappa shape index (κ2) is 10.4. The SMILES string of the molecule is COc1ccc([C@@H](C)NC(=O)c2cc(S(=O)(=O)N3CCC(C)CC3)ccc2OC)cc1OC. The van der Waals surface area contributed by atoms with Crippen LogP contribution in [0.1, 0.15) is 48.7 Å². The standard InChI is InChI=1S/C24H32N2O6S/c1-16-10-12-26(13-11-16)33(28,29)19-7-9-21(30-3)20(15-19)24(27)25-17(2)18-6-8-22(31-4)23(14-18)32-5/h6-9,14-17H,10-13H2,1-5H3,(H,25,27)/t17-/m1/s1. The van der Waals surface area contributed by atoms with Crippen molar-refractivity contribution in [2.75, 3.05) is 34.4 Å². The van der Waals surface area contributed by atoms with Crippen molar-refractivity contribution in [2.24, 2.45) is 5.92 Å². The molecule has 1 atom stereocenters. The number of piperidine rings is 1. The van der Waals surface area contributed by atoms with E-state index in [4.69, 9.17) is 14.2 Å². The van der Waals surface area contributed by atoms with Crippen molar-refractivity contribution >= 4 is 15.9 Å². The zero-order chi connectivity index (χ0) is 24.2. The van der Waals surface area contributed by atoms with Gasteiger partial charge in [0, 0.05) is 13.1 Å². The second-order valence-electron chi connectivity index (χ2n) is 8.26. The van der Waals surface area contributed by atoms with Crippen LogP contribution in [0.25, 0.3) is 0 Å². The van der Waals surface area contributed by atoms with Crippen molar-refractivity contribution in [1.29, 1.82) is 0 Å². The van der Waals surface area contributed by atoms with Crippen molar-refractivity contribution in [3.8, 4) is 17.2 Å². The van der Waals surface area contributed by atoms with Gasteiger partial charge in [0.05, 0.1) is 37.8 Å². The van der Waals surface area contributed by atoms with Gasteiger partial charge in [0.15, 0.2) is 11.5 Å². The van der Waals surface area contributed by atoms with Crippen molar-refractivity contribution < 1.29 is 27.4 Å². The summed E-state index contributed by atoms with van der Waals surface area (Å²) in [5.41, 5.74) is 0.974. The predicted molar refractivity (Wildman–Crippen MR) is 126 cm³/mol. The lowest BCUT2D eigenvalue weighted by Gasteiger charge is -2.29. The molecule has 2 aromatic carbocycles. The highest BCUT2D eigenvalue weighted by molar-refractivity contribution is 7.89. The van der Waals surface area contributed by atoms with Crippen LogP contribution < -0.4 is 19.5 Å². The molecule has 8 nitrogen and oxygen atoms in total. The first kappa shape index (κ1) is 24.9. The summed E-state index contributed by atoms with van der Waals surface area (Å²) in [5.74, 6) is 1.52. The highest BCUT2D eigenvalue weighted by Crippen LogP contribution is 2.31. The Morgan fingerprint density at radius 3 is 2.18 bits per heavy atom. The van der Waals surface area contributed by atoms with Gasteiger partial charge in [-0.15, -0.1) is 0 Å². The van der Waals surface area contributed by atoms with Crippen LogP contribution in [0, 0.1) is 5.92 Å². The predicted octanol–water partition coefficient (Wildman–Crippen LogP) is 3.62. The van der Waals surface area contributed by atoms with Crippen LogP contribution in [0.4, 0.5) is 0 Å². The molecular weight excluding hydrogens is 444 g/mol. The molecule has 0 aromatic heterocycles. The molecule has 1 N–H and O–H groups in total. The summed E-state index contributed by atoms with van der Waals surface area (Å²) >= 11 is 0. The monoisotopic (exact) mass is 476 g/mol. The van der Waals surface area contributed by atoms with E-state index in [2.05, 4.69) is 12.2 Å². The quantitative estimate of drug-likeness (QED) is 0.625. The van der Waals surface area contributed by atoms with Gasteiger partial charge in [-0.05, 0) is 61.6 Å². The van der Waals surface area contributed by atoms with Crippen LogP contribution in [0.3, 0.4) is 0 Å². The number of hydrogen-bond acceptors (Lipinski definition) is 6. The van der Waals surface area contributed by atoms with Crippen LogP contribution in [0.5, 0.6) is 17.2 Å². The van der Waals surface area contributed by atoms with E-state index < -0.39 is 15.9 Å². The van der Waals surface area contributed by atoms with Gasteiger partial charge < -0.3 is 19.5 Å². The first-order valence-electron chi connectivity index (χ1n) is 10.9. The number of hydrogen-bond donors (Lipinski definition) is 1. The van der Waals surface area contributed by atoms with Crippen LogP contribution in [0.2, 0.25) is 0 Å². The summed E-state index contributed by atoms with van der Waals surface area (Å²) in [5, 5.41) is 2.92. The molecule has 0 saturated carbocycles. The first-order chi connectivity index (χ1) is 15.7. The van der Waals surface area contributed by atoms with Gasteiger partial charge in [0.2, 0.25) is 10.0 Å². The summed E-state index contributed by atoms with van der Waals surface area (Å²) in [6.45, 7) is 4.92. The Morgan fingerprint density at radius 1 is 0.970 bits per heavy atom. The number of amides is 1. The second-order valence-corrected chi connectivity index (χ2v) is 10.2. The van der Waals surface area contributed by atoms with Crippen molar-refractivity contribution in [3.63, 3.8) is 0 Å². The lowest BCUT2D eigenvalue weighted by Crippen LogP contribution is -2.38. The van der Waals surface area contributed by atoms with Gasteiger partial charge >= 0.3 is 0 Å². The molecule has 0 bridgehead atoms. The largest absolute Gasteiger partial charge is 0.496 e. The molecule has 0 spiro atoms. The molecule has 0 unspecified atom stereocenters. The number of nitrogens with zero attached hydrogens (tertiary/aromatic N) is 1. The highest BCUT2D eigenvalue weighted by Gasteiger charge is 2.29. The maximum absolute atomic E-state index is 13.2. The van der Waals surface area contributed by atoms with Crippen molar-refractivity contribution in [2.45, 2.75) is 37.6 Å². The van der Waals surface area contributed by atoms with Crippen LogP contribution in [0.15, 0.2) is 41.3 Å². The van der Waals surface area contributed by atoms with Gasteiger partial charge in [0.25, 0.3) is 5.91 Å². The van der Waals surface area contributed by atoms with Gasteiger partial charge in [-0.3, -0.25) is 4.79 Å². The Morgan fingerprint density at radius 2 is 1.58 bits per heavy atom. The summed E-state index contributed by atoms with van der Waals surface area (Å²) in [7, 11) is 0.854. The minimum atomic E-state index is -3.70. The molecule has 0 aliphatic carbocycles. The Hall–Kier alpha value is -2.78. The van der Waals surface area contributed by atoms with E-state index in [1.165, 1.54) is 29.6 Å². The first-order valence-corrected chi connectivity index (χ1v) is 12.4. The molecular formula is C24H32N2O6S. The molecule has 33 heavy (non-hydrogen) atoms. The normalized spacial score (nSPS) is 16.2. The average Bonchev–Trinajstić information content (AvgIpc) is 2.83. The molecule has 180 valence electrons. The molecule has 0 radical (unpaired) electrons. The minimum Gasteiger partial charge on any atom is -0.496 e. The molecule has 1 aliphatic heterocycles. The van der Waals surface area contributed by atoms with E-state index in [9.17, 15) is 13.2 Å². The zero-order valence-corrected chi connectivity index (χ0v) is 20.6. The molecule has 2 aromatic rings. The fourth-order valence-electron chi connectivity index (χ4n) is 3.88. The fourth-order valence-corrected chi connectivity index (χ4v) is 5.38. The number of ether oxygens (including phenoxy) is 3. The number of methoxy groups -OCH3 is 3. The molecule has 1 amide bonds. The third-order valence-electron chi connectivity index (χ3n) is 6.05. The number of rotatable bonds is 8. The van der Waals surface area contributed by atoms with E-state index in [0.29, 0.717) is 36.3 Å². The number of carbonyl (C=O) groups excluding carboxylic acids is 1. The average molecular weight is 477 g/mol. The lowest BCUT2D eigenvalue weighted by atomic mass is 10.0. The highest BCUT2D eigenvalue weighted by atomic mass is 32.2. The number of sulfonamides is 1. The van der Waals surface area contributed by atoms with Crippen molar-refractivity contribution in [1.82, 2.24) is 9.62 Å². The summed E-state index contributed by atoms with van der Waals surface area (Å²) in [4.78, 5) is 13.2. The Kier molecular flexibility index (Phi) is 7.86. The number of nitrogens with one attached hydrogen (secondary N) is 1. The van der Waals surface area contributed by atoms with E-state index in [1.54, 1.807) is 26.4 Å². The zero-order valence-electron chi connectivity index (χ0n) is 19.8. The molecule has 1 fully saturated rings. The van der Waals surface area contributed by atoms with Crippen molar-refractivity contribution in [3.05, 3.63) is 47.5 Å². The fraction of sp³-hybridized carbons (Fsp3) is 0.458. The molecule has 1 heterocycles. The molecule has 3 rings (SSSR count). The summed E-state index contributed by atoms with van der Waals surface area (Å²) < 4.78 is 43.8. The summed E-state index contributed by atoms with van der Waals surface area (Å²) in [6, 6.07) is 9.43. The number of benzene rings is 2. The minimum absolute atomic E-state index is 0.0850. The van der Waals surface area contributed by atoms with Gasteiger partial charge in [-0.25, -0.2) is 8.42 Å². The van der Waals surface area contributed by atoms with Gasteiger partial charge in [0.1, 0.15) is 5.75 Å². The molecule has 1 saturated heterocycles. The van der Waals surface area contributed by atoms with Crippen LogP contribution in [-0.2, 0) is 10.0 Å². The van der Waals surface area contributed by atoms with Gasteiger partial charge in [-0.1, -0.05) is 13.0 Å². The lowest BCUT2D eigenvalue weighted by molar-refractivity contribution is 0.0936. The van der Waals surface area contributed by atoms with E-state index in [0.717, 1.165) is 18.4 Å². The maximum atomic E-state index is 13.2. The Labute approximate surface area is 195 Å². The third-order valence-corrected chi connectivity index (χ3v) is 7.95. The smallest absolute Gasteiger partial charge is 0.255 e. The maximum Gasteiger partial charge on any atom is 0.255 e. The Bertz CT molecular complexity index is 1090.